The molecule has 0 aliphatic carbocycles. The lowest BCUT2D eigenvalue weighted by Gasteiger charge is -2.22. The molecule has 0 radical (unpaired) electrons. The van der Waals surface area contributed by atoms with E-state index in [-0.39, 0.29) is 18.2 Å². The minimum Gasteiger partial charge on any atom is -0.508 e. The quantitative estimate of drug-likeness (QED) is 0.307. The Balaban J connectivity index is 1.46. The molecule has 0 saturated heterocycles. The van der Waals surface area contributed by atoms with Crippen LogP contribution in [0.3, 0.4) is 0 Å². The molecule has 7 heteroatoms. The van der Waals surface area contributed by atoms with Gasteiger partial charge in [0.15, 0.2) is 0 Å². The maximum absolute atomic E-state index is 12.7. The van der Waals surface area contributed by atoms with Crippen molar-refractivity contribution in [3.8, 4) is 16.9 Å². The van der Waals surface area contributed by atoms with Gasteiger partial charge < -0.3 is 10.4 Å². The third-order valence-electron chi connectivity index (χ3n) is 5.44. The van der Waals surface area contributed by atoms with Gasteiger partial charge in [-0.25, -0.2) is 8.51 Å². The first-order valence-electron chi connectivity index (χ1n) is 10.7. The summed E-state index contributed by atoms with van der Waals surface area (Å²) in [7, 11) is 0. The molecule has 1 atom stereocenters. The van der Waals surface area contributed by atoms with Crippen LogP contribution >= 0.6 is 0 Å². The Morgan fingerprint density at radius 3 is 2.18 bits per heavy atom. The SMILES string of the molecule is Cc1ccccc1N(c1cccc(CNC(=O)c2ccc(-c3ccc(O)cc3)cc2)c1)S(=O)O. The molecule has 1 unspecified atom stereocenters. The summed E-state index contributed by atoms with van der Waals surface area (Å²) < 4.78 is 23.4. The summed E-state index contributed by atoms with van der Waals surface area (Å²) in [5.41, 5.74) is 5.28. The molecule has 0 spiro atoms. The maximum Gasteiger partial charge on any atom is 0.266 e. The highest BCUT2D eigenvalue weighted by molar-refractivity contribution is 7.81. The number of nitrogens with one attached hydrogen (secondary N) is 1. The summed E-state index contributed by atoms with van der Waals surface area (Å²) in [6, 6.07) is 28.7. The number of amides is 1. The van der Waals surface area contributed by atoms with E-state index in [1.165, 1.54) is 4.31 Å². The number of nitrogens with zero attached hydrogens (tertiary/aromatic N) is 1. The fourth-order valence-electron chi connectivity index (χ4n) is 3.65. The highest BCUT2D eigenvalue weighted by Crippen LogP contribution is 2.30. The summed E-state index contributed by atoms with van der Waals surface area (Å²) in [6.07, 6.45) is 0. The van der Waals surface area contributed by atoms with Crippen LogP contribution in [0.15, 0.2) is 97.1 Å². The van der Waals surface area contributed by atoms with Gasteiger partial charge in [0.1, 0.15) is 5.75 Å². The Labute approximate surface area is 200 Å². The van der Waals surface area contributed by atoms with Gasteiger partial charge in [-0.05, 0) is 71.6 Å². The fraction of sp³-hybridized carbons (Fsp3) is 0.0741. The van der Waals surface area contributed by atoms with Crippen molar-refractivity contribution in [1.82, 2.24) is 5.32 Å². The Bertz CT molecular complexity index is 1320. The van der Waals surface area contributed by atoms with Crippen LogP contribution in [0.4, 0.5) is 11.4 Å². The number of carbonyl (C=O) groups excluding carboxylic acids is 1. The predicted molar refractivity (Wildman–Crippen MR) is 135 cm³/mol. The molecule has 0 aromatic heterocycles. The Morgan fingerprint density at radius 1 is 0.882 bits per heavy atom. The van der Waals surface area contributed by atoms with Gasteiger partial charge in [-0.3, -0.25) is 9.35 Å². The van der Waals surface area contributed by atoms with E-state index in [9.17, 15) is 18.7 Å². The van der Waals surface area contributed by atoms with Gasteiger partial charge in [-0.1, -0.05) is 54.6 Å². The molecule has 0 bridgehead atoms. The Hall–Kier alpha value is -3.94. The van der Waals surface area contributed by atoms with Crippen molar-refractivity contribution in [2.45, 2.75) is 13.5 Å². The first-order valence-corrected chi connectivity index (χ1v) is 11.7. The van der Waals surface area contributed by atoms with E-state index in [2.05, 4.69) is 5.32 Å². The molecule has 4 aromatic rings. The largest absolute Gasteiger partial charge is 0.508 e. The molecule has 34 heavy (non-hydrogen) atoms. The van der Waals surface area contributed by atoms with Crippen LogP contribution in [0.25, 0.3) is 11.1 Å². The average molecular weight is 473 g/mol. The van der Waals surface area contributed by atoms with E-state index >= 15 is 0 Å². The molecule has 0 aliphatic rings. The van der Waals surface area contributed by atoms with Gasteiger partial charge in [-0.15, -0.1) is 0 Å². The van der Waals surface area contributed by atoms with Crippen LogP contribution in [0.5, 0.6) is 5.75 Å². The van der Waals surface area contributed by atoms with Crippen molar-refractivity contribution in [3.63, 3.8) is 0 Å². The fourth-order valence-corrected chi connectivity index (χ4v) is 4.32. The van der Waals surface area contributed by atoms with E-state index in [0.717, 1.165) is 22.3 Å². The van der Waals surface area contributed by atoms with E-state index in [0.29, 0.717) is 16.9 Å². The highest BCUT2D eigenvalue weighted by Gasteiger charge is 2.17. The predicted octanol–water partition coefficient (Wildman–Crippen LogP) is 5.57. The standard InChI is InChI=1S/C27H24N2O4S/c1-19-5-2-3-8-26(19)29(34(32)33)24-7-4-6-20(17-24)18-28-27(31)23-11-9-21(10-12-23)22-13-15-25(30)16-14-22/h2-17,30H,18H2,1H3,(H,28,31)(H,32,33). The van der Waals surface area contributed by atoms with Crippen LogP contribution in [-0.2, 0) is 17.8 Å². The number of hydrogen-bond acceptors (Lipinski definition) is 3. The zero-order chi connectivity index (χ0) is 24.1. The third-order valence-corrected chi connectivity index (χ3v) is 6.16. The Kier molecular flexibility index (Phi) is 7.06. The van der Waals surface area contributed by atoms with Gasteiger partial charge >= 0.3 is 0 Å². The van der Waals surface area contributed by atoms with Crippen LogP contribution in [0.1, 0.15) is 21.5 Å². The second-order valence-corrected chi connectivity index (χ2v) is 8.61. The molecule has 4 rings (SSSR count). The number of anilines is 2. The highest BCUT2D eigenvalue weighted by atomic mass is 32.2. The number of para-hydroxylation sites is 1. The summed E-state index contributed by atoms with van der Waals surface area (Å²) in [5.74, 6) is -0.0137. The lowest BCUT2D eigenvalue weighted by Crippen LogP contribution is -2.23. The molecule has 0 aliphatic heterocycles. The second kappa shape index (κ2) is 10.3. The van der Waals surface area contributed by atoms with Crippen LogP contribution in [-0.4, -0.2) is 19.8 Å². The molecule has 3 N–H and O–H groups in total. The minimum atomic E-state index is -2.25. The number of phenols is 1. The third kappa shape index (κ3) is 5.33. The van der Waals surface area contributed by atoms with Crippen molar-refractivity contribution in [2.24, 2.45) is 0 Å². The number of carbonyl (C=O) groups is 1. The molecule has 172 valence electrons. The van der Waals surface area contributed by atoms with Crippen molar-refractivity contribution in [2.75, 3.05) is 4.31 Å². The van der Waals surface area contributed by atoms with Gasteiger partial charge in [0, 0.05) is 12.1 Å². The minimum absolute atomic E-state index is 0.205. The molecule has 1 amide bonds. The van der Waals surface area contributed by atoms with Crippen molar-refractivity contribution in [3.05, 3.63) is 114 Å². The van der Waals surface area contributed by atoms with Gasteiger partial charge in [0.05, 0.1) is 11.4 Å². The molecular formula is C27H24N2O4S. The van der Waals surface area contributed by atoms with Crippen LogP contribution < -0.4 is 9.62 Å². The van der Waals surface area contributed by atoms with Gasteiger partial charge in [0.25, 0.3) is 17.2 Å². The lowest BCUT2D eigenvalue weighted by atomic mass is 10.0. The monoisotopic (exact) mass is 472 g/mol. The van der Waals surface area contributed by atoms with Crippen molar-refractivity contribution in [1.29, 1.82) is 0 Å². The first kappa shape index (κ1) is 23.2. The number of hydrogen-bond donors (Lipinski definition) is 3. The number of phenolic OH excluding ortho intramolecular Hbond substituents is 1. The summed E-state index contributed by atoms with van der Waals surface area (Å²) in [5, 5.41) is 12.3. The number of aryl methyl sites for hydroxylation is 1. The maximum atomic E-state index is 12.7. The van der Waals surface area contributed by atoms with Gasteiger partial charge in [0.2, 0.25) is 0 Å². The van der Waals surface area contributed by atoms with E-state index in [1.54, 1.807) is 48.5 Å². The number of aromatic hydroxyl groups is 1. The second-order valence-electron chi connectivity index (χ2n) is 7.79. The number of benzene rings is 4. The normalized spacial score (nSPS) is 11.6. The molecule has 0 fully saturated rings. The molecule has 0 saturated carbocycles. The van der Waals surface area contributed by atoms with Crippen molar-refractivity contribution >= 4 is 28.5 Å². The van der Waals surface area contributed by atoms with Crippen LogP contribution in [0, 0.1) is 6.92 Å². The summed E-state index contributed by atoms with van der Waals surface area (Å²) >= 11 is -2.25. The van der Waals surface area contributed by atoms with Crippen molar-refractivity contribution < 1.29 is 18.7 Å². The summed E-state index contributed by atoms with van der Waals surface area (Å²) in [6.45, 7) is 2.15. The molecular weight excluding hydrogens is 448 g/mol. The topological polar surface area (TPSA) is 89.9 Å². The smallest absolute Gasteiger partial charge is 0.266 e. The lowest BCUT2D eigenvalue weighted by molar-refractivity contribution is 0.0951. The first-order chi connectivity index (χ1) is 16.4. The molecule has 6 nitrogen and oxygen atoms in total. The van der Waals surface area contributed by atoms with E-state index in [1.807, 2.05) is 55.5 Å². The van der Waals surface area contributed by atoms with E-state index in [4.69, 9.17) is 0 Å². The van der Waals surface area contributed by atoms with E-state index < -0.39 is 11.3 Å². The zero-order valence-corrected chi connectivity index (χ0v) is 19.3. The van der Waals surface area contributed by atoms with Crippen LogP contribution in [0.2, 0.25) is 0 Å². The molecule has 0 heterocycles. The number of rotatable bonds is 7. The van der Waals surface area contributed by atoms with Gasteiger partial charge in [-0.2, -0.15) is 0 Å². The molecule has 4 aromatic carbocycles. The zero-order valence-electron chi connectivity index (χ0n) is 18.5. The average Bonchev–Trinajstić information content (AvgIpc) is 2.85. The Morgan fingerprint density at radius 2 is 1.53 bits per heavy atom. The summed E-state index contributed by atoms with van der Waals surface area (Å²) in [4.78, 5) is 12.7.